The number of nitrogen functional groups attached to an aromatic ring is 1. The molecule has 0 aliphatic heterocycles. The lowest BCUT2D eigenvalue weighted by atomic mass is 10.1. The van der Waals surface area contributed by atoms with E-state index in [0.717, 1.165) is 5.56 Å². The summed E-state index contributed by atoms with van der Waals surface area (Å²) in [5.74, 6) is -0.487. The summed E-state index contributed by atoms with van der Waals surface area (Å²) in [4.78, 5) is 10.8. The number of aliphatic hydroxyl groups excluding tert-OH is 1. The van der Waals surface area contributed by atoms with Crippen molar-refractivity contribution in [2.75, 3.05) is 12.3 Å². The Morgan fingerprint density at radius 3 is 2.69 bits per heavy atom. The Labute approximate surface area is 76.2 Å². The molecule has 4 heteroatoms. The summed E-state index contributed by atoms with van der Waals surface area (Å²) in [5.41, 5.74) is 12.4. The second-order valence-electron chi connectivity index (χ2n) is 2.75. The van der Waals surface area contributed by atoms with Crippen LogP contribution in [-0.2, 0) is 6.42 Å². The van der Waals surface area contributed by atoms with E-state index in [1.165, 1.54) is 0 Å². The Bertz CT molecular complexity index is 323. The number of benzene rings is 1. The van der Waals surface area contributed by atoms with Crippen molar-refractivity contribution in [1.82, 2.24) is 0 Å². The fraction of sp³-hybridized carbons (Fsp3) is 0.222. The molecule has 0 aromatic heterocycles. The Kier molecular flexibility index (Phi) is 2.87. The molecule has 0 heterocycles. The van der Waals surface area contributed by atoms with Crippen molar-refractivity contribution >= 4 is 11.6 Å². The van der Waals surface area contributed by atoms with Crippen LogP contribution >= 0.6 is 0 Å². The molecule has 1 amide bonds. The van der Waals surface area contributed by atoms with Gasteiger partial charge in [-0.2, -0.15) is 0 Å². The first-order valence-electron chi connectivity index (χ1n) is 3.94. The largest absolute Gasteiger partial charge is 0.399 e. The van der Waals surface area contributed by atoms with Crippen LogP contribution in [0.3, 0.4) is 0 Å². The van der Waals surface area contributed by atoms with Crippen molar-refractivity contribution in [3.63, 3.8) is 0 Å². The maximum Gasteiger partial charge on any atom is 0.248 e. The molecule has 4 nitrogen and oxygen atoms in total. The lowest BCUT2D eigenvalue weighted by molar-refractivity contribution is 0.1000. The van der Waals surface area contributed by atoms with Crippen LogP contribution in [0.15, 0.2) is 18.2 Å². The number of hydrogen-bond acceptors (Lipinski definition) is 3. The highest BCUT2D eigenvalue weighted by Crippen LogP contribution is 2.14. The Balaban J connectivity index is 3.03. The van der Waals surface area contributed by atoms with Crippen molar-refractivity contribution < 1.29 is 9.90 Å². The minimum absolute atomic E-state index is 0.00636. The van der Waals surface area contributed by atoms with Crippen molar-refractivity contribution in [1.29, 1.82) is 0 Å². The van der Waals surface area contributed by atoms with Crippen LogP contribution in [0.1, 0.15) is 15.9 Å². The molecule has 0 saturated heterocycles. The zero-order chi connectivity index (χ0) is 9.84. The molecular formula is C9H12N2O2. The number of primary amides is 1. The quantitative estimate of drug-likeness (QED) is 0.567. The van der Waals surface area contributed by atoms with Gasteiger partial charge >= 0.3 is 0 Å². The normalized spacial score (nSPS) is 9.92. The fourth-order valence-electron chi connectivity index (χ4n) is 1.10. The number of rotatable bonds is 3. The molecule has 0 fully saturated rings. The molecule has 13 heavy (non-hydrogen) atoms. The van der Waals surface area contributed by atoms with Gasteiger partial charge in [0.1, 0.15) is 0 Å². The average Bonchev–Trinajstić information content (AvgIpc) is 2.08. The summed E-state index contributed by atoms with van der Waals surface area (Å²) in [6, 6.07) is 4.79. The first-order valence-corrected chi connectivity index (χ1v) is 3.94. The van der Waals surface area contributed by atoms with E-state index in [0.29, 0.717) is 17.7 Å². The zero-order valence-electron chi connectivity index (χ0n) is 7.16. The summed E-state index contributed by atoms with van der Waals surface area (Å²) in [6.45, 7) is 0.00636. The van der Waals surface area contributed by atoms with Gasteiger partial charge in [-0.1, -0.05) is 0 Å². The predicted molar refractivity (Wildman–Crippen MR) is 50.2 cm³/mol. The van der Waals surface area contributed by atoms with Gasteiger partial charge in [-0.15, -0.1) is 0 Å². The van der Waals surface area contributed by atoms with Gasteiger partial charge in [-0.25, -0.2) is 0 Å². The van der Waals surface area contributed by atoms with Gasteiger partial charge < -0.3 is 16.6 Å². The molecular weight excluding hydrogens is 168 g/mol. The van der Waals surface area contributed by atoms with Gasteiger partial charge in [-0.05, 0) is 30.2 Å². The zero-order valence-corrected chi connectivity index (χ0v) is 7.16. The Morgan fingerprint density at radius 2 is 2.15 bits per heavy atom. The number of aliphatic hydroxyl groups is 1. The van der Waals surface area contributed by atoms with Crippen LogP contribution in [-0.4, -0.2) is 17.6 Å². The van der Waals surface area contributed by atoms with Crippen LogP contribution in [0.4, 0.5) is 5.69 Å². The molecule has 70 valence electrons. The Morgan fingerprint density at radius 1 is 1.46 bits per heavy atom. The highest BCUT2D eigenvalue weighted by molar-refractivity contribution is 5.93. The smallest absolute Gasteiger partial charge is 0.248 e. The van der Waals surface area contributed by atoms with Gasteiger partial charge in [0.05, 0.1) is 0 Å². The number of nitrogens with two attached hydrogens (primary N) is 2. The van der Waals surface area contributed by atoms with Crippen molar-refractivity contribution in [3.8, 4) is 0 Å². The van der Waals surface area contributed by atoms with Gasteiger partial charge in [0.15, 0.2) is 0 Å². The van der Waals surface area contributed by atoms with Crippen LogP contribution in [0.5, 0.6) is 0 Å². The molecule has 1 aromatic carbocycles. The van der Waals surface area contributed by atoms with Crippen LogP contribution in [0, 0.1) is 0 Å². The third-order valence-corrected chi connectivity index (χ3v) is 1.81. The summed E-state index contributed by atoms with van der Waals surface area (Å²) < 4.78 is 0. The molecule has 0 atom stereocenters. The van der Waals surface area contributed by atoms with E-state index < -0.39 is 5.91 Å². The van der Waals surface area contributed by atoms with E-state index >= 15 is 0 Å². The standard InChI is InChI=1S/C9H12N2O2/c10-8-2-1-7(9(11)13)5-6(8)3-4-12/h1-2,5,12H,3-4,10H2,(H2,11,13). The molecule has 0 bridgehead atoms. The van der Waals surface area contributed by atoms with Crippen molar-refractivity contribution in [3.05, 3.63) is 29.3 Å². The molecule has 1 rings (SSSR count). The molecule has 0 radical (unpaired) electrons. The Hall–Kier alpha value is -1.55. The summed E-state index contributed by atoms with van der Waals surface area (Å²) >= 11 is 0. The molecule has 0 unspecified atom stereocenters. The maximum absolute atomic E-state index is 10.8. The first-order chi connectivity index (χ1) is 6.15. The van der Waals surface area contributed by atoms with Gasteiger partial charge in [0, 0.05) is 17.9 Å². The predicted octanol–water partition coefficient (Wildman–Crippen LogP) is -0.0975. The second-order valence-corrected chi connectivity index (χ2v) is 2.75. The van der Waals surface area contributed by atoms with Crippen LogP contribution < -0.4 is 11.5 Å². The first kappa shape index (κ1) is 9.54. The minimum atomic E-state index is -0.487. The third-order valence-electron chi connectivity index (χ3n) is 1.81. The number of anilines is 1. The third kappa shape index (κ3) is 2.19. The summed E-state index contributed by atoms with van der Waals surface area (Å²) in [5, 5.41) is 8.70. The van der Waals surface area contributed by atoms with Crippen LogP contribution in [0.2, 0.25) is 0 Å². The van der Waals surface area contributed by atoms with E-state index in [4.69, 9.17) is 16.6 Å². The van der Waals surface area contributed by atoms with E-state index in [1.54, 1.807) is 18.2 Å². The number of hydrogen-bond donors (Lipinski definition) is 3. The fourth-order valence-corrected chi connectivity index (χ4v) is 1.10. The van der Waals surface area contributed by atoms with Crippen molar-refractivity contribution in [2.24, 2.45) is 5.73 Å². The van der Waals surface area contributed by atoms with Gasteiger partial charge in [0.2, 0.25) is 5.91 Å². The van der Waals surface area contributed by atoms with E-state index in [9.17, 15) is 4.79 Å². The lowest BCUT2D eigenvalue weighted by Gasteiger charge is -2.04. The monoisotopic (exact) mass is 180 g/mol. The van der Waals surface area contributed by atoms with Gasteiger partial charge in [0.25, 0.3) is 0 Å². The molecule has 5 N–H and O–H groups in total. The van der Waals surface area contributed by atoms with E-state index in [1.807, 2.05) is 0 Å². The minimum Gasteiger partial charge on any atom is -0.399 e. The number of amides is 1. The number of carbonyl (C=O) groups excluding carboxylic acids is 1. The summed E-state index contributed by atoms with van der Waals surface area (Å²) in [7, 11) is 0. The molecule has 0 saturated carbocycles. The molecule has 0 aliphatic carbocycles. The van der Waals surface area contributed by atoms with E-state index in [-0.39, 0.29) is 6.61 Å². The second kappa shape index (κ2) is 3.91. The van der Waals surface area contributed by atoms with E-state index in [2.05, 4.69) is 0 Å². The summed E-state index contributed by atoms with van der Waals surface area (Å²) in [6.07, 6.45) is 0.437. The lowest BCUT2D eigenvalue weighted by Crippen LogP contribution is -2.12. The highest BCUT2D eigenvalue weighted by atomic mass is 16.2. The molecule has 0 aliphatic rings. The molecule has 1 aromatic rings. The van der Waals surface area contributed by atoms with Crippen molar-refractivity contribution in [2.45, 2.75) is 6.42 Å². The molecule has 0 spiro atoms. The topological polar surface area (TPSA) is 89.3 Å². The number of carbonyl (C=O) groups is 1. The average molecular weight is 180 g/mol. The van der Waals surface area contributed by atoms with Gasteiger partial charge in [-0.3, -0.25) is 4.79 Å². The highest BCUT2D eigenvalue weighted by Gasteiger charge is 2.04. The SMILES string of the molecule is NC(=O)c1ccc(N)c(CCO)c1. The maximum atomic E-state index is 10.8. The van der Waals surface area contributed by atoms with Crippen LogP contribution in [0.25, 0.3) is 0 Å².